The molecule has 1 heterocycles. The maximum absolute atomic E-state index is 12.5. The van der Waals surface area contributed by atoms with E-state index in [9.17, 15) is 4.79 Å². The van der Waals surface area contributed by atoms with Crippen molar-refractivity contribution in [3.05, 3.63) is 35.2 Å². The summed E-state index contributed by atoms with van der Waals surface area (Å²) in [6.07, 6.45) is 8.85. The number of aromatic nitrogens is 1. The van der Waals surface area contributed by atoms with Crippen molar-refractivity contribution in [3.8, 4) is 0 Å². The molecular formula is C16H22N2O. The highest BCUT2D eigenvalue weighted by molar-refractivity contribution is 5.95. The molecule has 1 amide bonds. The van der Waals surface area contributed by atoms with E-state index in [0.717, 1.165) is 37.9 Å². The van der Waals surface area contributed by atoms with Crippen LogP contribution in [0.3, 0.4) is 0 Å². The number of hydrogen-bond acceptors (Lipinski definition) is 1. The van der Waals surface area contributed by atoms with Gasteiger partial charge in [-0.3, -0.25) is 4.79 Å². The Morgan fingerprint density at radius 2 is 2.16 bits per heavy atom. The van der Waals surface area contributed by atoms with Crippen molar-refractivity contribution >= 4 is 5.91 Å². The van der Waals surface area contributed by atoms with Crippen molar-refractivity contribution < 1.29 is 4.79 Å². The lowest BCUT2D eigenvalue weighted by Crippen LogP contribution is -2.28. The molecule has 1 fully saturated rings. The molecule has 3 heteroatoms. The lowest BCUT2D eigenvalue weighted by atomic mass is 9.95. The summed E-state index contributed by atoms with van der Waals surface area (Å²) < 4.78 is 2.19. The van der Waals surface area contributed by atoms with Crippen LogP contribution in [0.2, 0.25) is 0 Å². The van der Waals surface area contributed by atoms with E-state index >= 15 is 0 Å². The zero-order chi connectivity index (χ0) is 13.4. The van der Waals surface area contributed by atoms with Crippen LogP contribution in [-0.4, -0.2) is 16.5 Å². The Kier molecular flexibility index (Phi) is 3.21. The summed E-state index contributed by atoms with van der Waals surface area (Å²) >= 11 is 0. The van der Waals surface area contributed by atoms with Crippen LogP contribution in [0.4, 0.5) is 0 Å². The van der Waals surface area contributed by atoms with Gasteiger partial charge >= 0.3 is 0 Å². The Balaban J connectivity index is 2.02. The van der Waals surface area contributed by atoms with E-state index in [1.807, 2.05) is 6.08 Å². The molecule has 1 aromatic rings. The second-order valence-corrected chi connectivity index (χ2v) is 5.75. The SMILES string of the molecule is C=CCn1c2c(c(C)c1C(=O)NC1CC1)CCCC2. The third-order valence-corrected chi connectivity index (χ3v) is 4.28. The largest absolute Gasteiger partial charge is 0.348 e. The van der Waals surface area contributed by atoms with Gasteiger partial charge in [-0.2, -0.15) is 0 Å². The zero-order valence-corrected chi connectivity index (χ0v) is 11.7. The van der Waals surface area contributed by atoms with Crippen molar-refractivity contribution in [3.63, 3.8) is 0 Å². The minimum Gasteiger partial charge on any atom is -0.348 e. The smallest absolute Gasteiger partial charge is 0.268 e. The van der Waals surface area contributed by atoms with E-state index < -0.39 is 0 Å². The normalized spacial score (nSPS) is 17.9. The number of carbonyl (C=O) groups excluding carboxylic acids is 1. The Bertz CT molecular complexity index is 523. The van der Waals surface area contributed by atoms with Crippen molar-refractivity contribution in [1.29, 1.82) is 0 Å². The molecule has 1 aromatic heterocycles. The average molecular weight is 258 g/mol. The van der Waals surface area contributed by atoms with Gasteiger partial charge in [-0.1, -0.05) is 6.08 Å². The van der Waals surface area contributed by atoms with Gasteiger partial charge in [0.05, 0.1) is 0 Å². The fourth-order valence-electron chi connectivity index (χ4n) is 3.18. The molecule has 1 saturated carbocycles. The lowest BCUT2D eigenvalue weighted by molar-refractivity contribution is 0.0941. The second-order valence-electron chi connectivity index (χ2n) is 5.75. The van der Waals surface area contributed by atoms with E-state index in [1.165, 1.54) is 29.7 Å². The first kappa shape index (κ1) is 12.5. The summed E-state index contributed by atoms with van der Waals surface area (Å²) in [6.45, 7) is 6.68. The number of nitrogens with one attached hydrogen (secondary N) is 1. The molecule has 2 aliphatic carbocycles. The third kappa shape index (κ3) is 2.22. The van der Waals surface area contributed by atoms with E-state index in [-0.39, 0.29) is 5.91 Å². The first-order valence-electron chi connectivity index (χ1n) is 7.35. The van der Waals surface area contributed by atoms with Crippen LogP contribution in [0.1, 0.15) is 53.0 Å². The van der Waals surface area contributed by atoms with E-state index in [4.69, 9.17) is 0 Å². The number of rotatable bonds is 4. The van der Waals surface area contributed by atoms with Crippen LogP contribution in [0.5, 0.6) is 0 Å². The van der Waals surface area contributed by atoms with Gasteiger partial charge in [0.25, 0.3) is 5.91 Å². The molecule has 0 unspecified atom stereocenters. The minimum atomic E-state index is 0.108. The molecule has 0 radical (unpaired) electrons. The van der Waals surface area contributed by atoms with Crippen molar-refractivity contribution in [2.24, 2.45) is 0 Å². The van der Waals surface area contributed by atoms with Crippen LogP contribution in [0.15, 0.2) is 12.7 Å². The number of fused-ring (bicyclic) bond motifs is 1. The summed E-state index contributed by atoms with van der Waals surface area (Å²) in [5.41, 5.74) is 4.84. The maximum atomic E-state index is 12.5. The Labute approximate surface area is 114 Å². The molecule has 1 N–H and O–H groups in total. The predicted molar refractivity (Wildman–Crippen MR) is 76.5 cm³/mol. The molecular weight excluding hydrogens is 236 g/mol. The predicted octanol–water partition coefficient (Wildman–Crippen LogP) is 2.75. The van der Waals surface area contributed by atoms with Crippen molar-refractivity contribution in [2.75, 3.05) is 0 Å². The van der Waals surface area contributed by atoms with Crippen LogP contribution in [-0.2, 0) is 19.4 Å². The maximum Gasteiger partial charge on any atom is 0.268 e. The summed E-state index contributed by atoms with van der Waals surface area (Å²) in [5.74, 6) is 0.108. The first-order chi connectivity index (χ1) is 9.22. The molecule has 102 valence electrons. The Morgan fingerprint density at radius 1 is 1.42 bits per heavy atom. The van der Waals surface area contributed by atoms with Gasteiger partial charge in [-0.25, -0.2) is 0 Å². The van der Waals surface area contributed by atoms with E-state index in [1.54, 1.807) is 0 Å². The van der Waals surface area contributed by atoms with Gasteiger partial charge in [-0.15, -0.1) is 6.58 Å². The fraction of sp³-hybridized carbons (Fsp3) is 0.562. The van der Waals surface area contributed by atoms with Crippen molar-refractivity contribution in [1.82, 2.24) is 9.88 Å². The Morgan fingerprint density at radius 3 is 2.84 bits per heavy atom. The van der Waals surface area contributed by atoms with Gasteiger partial charge in [0.2, 0.25) is 0 Å². The highest BCUT2D eigenvalue weighted by Gasteiger charge is 2.29. The monoisotopic (exact) mass is 258 g/mol. The van der Waals surface area contributed by atoms with Crippen LogP contribution >= 0.6 is 0 Å². The molecule has 0 spiro atoms. The van der Waals surface area contributed by atoms with Crippen molar-refractivity contribution in [2.45, 2.75) is 58.0 Å². The van der Waals surface area contributed by atoms with Gasteiger partial charge in [0, 0.05) is 18.3 Å². The first-order valence-corrected chi connectivity index (χ1v) is 7.35. The molecule has 2 aliphatic rings. The highest BCUT2D eigenvalue weighted by Crippen LogP contribution is 2.30. The Hall–Kier alpha value is -1.51. The fourth-order valence-corrected chi connectivity index (χ4v) is 3.18. The molecule has 19 heavy (non-hydrogen) atoms. The molecule has 3 nitrogen and oxygen atoms in total. The number of amides is 1. The molecule has 0 atom stereocenters. The number of nitrogens with zero attached hydrogens (tertiary/aromatic N) is 1. The average Bonchev–Trinajstić information content (AvgIpc) is 3.17. The van der Waals surface area contributed by atoms with Crippen LogP contribution in [0.25, 0.3) is 0 Å². The topological polar surface area (TPSA) is 34.0 Å². The standard InChI is InChI=1S/C16H22N2O/c1-3-10-18-14-7-5-4-6-13(14)11(2)15(18)16(19)17-12-8-9-12/h3,12H,1,4-10H2,2H3,(H,17,19). The van der Waals surface area contributed by atoms with Gasteiger partial charge in [0.15, 0.2) is 0 Å². The molecule has 0 aliphatic heterocycles. The summed E-state index contributed by atoms with van der Waals surface area (Å²) in [5, 5.41) is 3.12. The molecule has 0 bridgehead atoms. The number of carbonyl (C=O) groups is 1. The molecule has 3 rings (SSSR count). The zero-order valence-electron chi connectivity index (χ0n) is 11.7. The number of hydrogen-bond donors (Lipinski definition) is 1. The lowest BCUT2D eigenvalue weighted by Gasteiger charge is -2.15. The van der Waals surface area contributed by atoms with Gasteiger partial charge in [-0.05, 0) is 56.6 Å². The van der Waals surface area contributed by atoms with Crippen LogP contribution < -0.4 is 5.32 Å². The van der Waals surface area contributed by atoms with Crippen LogP contribution in [0, 0.1) is 6.92 Å². The summed E-state index contributed by atoms with van der Waals surface area (Å²) in [4.78, 5) is 12.5. The van der Waals surface area contributed by atoms with Gasteiger partial charge < -0.3 is 9.88 Å². The second kappa shape index (κ2) is 4.87. The summed E-state index contributed by atoms with van der Waals surface area (Å²) in [6, 6.07) is 0.413. The third-order valence-electron chi connectivity index (χ3n) is 4.28. The minimum absolute atomic E-state index is 0.108. The van der Waals surface area contributed by atoms with E-state index in [2.05, 4.69) is 23.4 Å². The van der Waals surface area contributed by atoms with Gasteiger partial charge in [0.1, 0.15) is 5.69 Å². The molecule has 0 saturated heterocycles. The summed E-state index contributed by atoms with van der Waals surface area (Å²) in [7, 11) is 0. The quantitative estimate of drug-likeness (QED) is 0.828. The highest BCUT2D eigenvalue weighted by atomic mass is 16.2. The molecule has 0 aromatic carbocycles. The number of allylic oxidation sites excluding steroid dienone is 1. The van der Waals surface area contributed by atoms with E-state index in [0.29, 0.717) is 6.04 Å².